The van der Waals surface area contributed by atoms with Crippen LogP contribution in [0.15, 0.2) is 17.1 Å². The van der Waals surface area contributed by atoms with E-state index in [-0.39, 0.29) is 40.5 Å². The summed E-state index contributed by atoms with van der Waals surface area (Å²) in [6.45, 7) is 18.5. The van der Waals surface area contributed by atoms with Gasteiger partial charge in [0.15, 0.2) is 6.23 Å². The van der Waals surface area contributed by atoms with E-state index in [4.69, 9.17) is 17.7 Å². The lowest BCUT2D eigenvalue weighted by Gasteiger charge is -2.51. The number of aromatic nitrogens is 2. The van der Waals surface area contributed by atoms with Crippen LogP contribution < -0.4 is 11.0 Å². The van der Waals surface area contributed by atoms with Crippen molar-refractivity contribution in [1.82, 2.24) is 9.55 Å². The fraction of sp³-hybridized carbons (Fsp3) is 0.783. The Morgan fingerprint density at radius 2 is 1.66 bits per heavy atom. The Bertz CT molecular complexity index is 953. The number of ether oxygens (including phenoxy) is 1. The number of aliphatic hydroxyl groups is 1. The number of aliphatic hydroxyl groups excluding tert-OH is 1. The number of hydrogen-bond donors (Lipinski definition) is 2. The summed E-state index contributed by atoms with van der Waals surface area (Å²) in [6.07, 6.45) is -1.96. The highest BCUT2D eigenvalue weighted by molar-refractivity contribution is 6.83. The summed E-state index contributed by atoms with van der Waals surface area (Å²) in [5.74, 6) is -0.191. The van der Waals surface area contributed by atoms with Gasteiger partial charge in [-0.25, -0.2) is 4.79 Å². The molecule has 2 N–H and O–H groups in total. The van der Waals surface area contributed by atoms with Crippen molar-refractivity contribution in [2.45, 2.75) is 109 Å². The van der Waals surface area contributed by atoms with Crippen LogP contribution in [0.5, 0.6) is 0 Å². The van der Waals surface area contributed by atoms with Crippen LogP contribution in [0.1, 0.15) is 68.5 Å². The lowest BCUT2D eigenvalue weighted by atomic mass is 10.1. The SMILES string of the molecule is CC(=O)Nc1ccn(C2O[C@@H]3CO[Si](C(C)C)(C(C)C)O[Si](C(C)C)(C(C)C)O[C@H]3[C@H]2O)c(=O)n1. The standard InChI is InChI=1S/C23H41N3O7Si2/c1-13(2)34(14(3)4)30-12-18-21(32-35(33-34,15(5)6)16(7)8)20(28)22(31-18)26-11-10-19(24-17(9)27)25-23(26)29/h10-11,13-16,18,20-22,28H,12H2,1-9H3,(H,24,25,27,29)/t18-,20-,21-,22?/m1/s1. The van der Waals surface area contributed by atoms with E-state index < -0.39 is 47.4 Å². The molecule has 4 atom stereocenters. The fourth-order valence-electron chi connectivity index (χ4n) is 5.22. The molecule has 0 aliphatic carbocycles. The molecule has 12 heteroatoms. The summed E-state index contributed by atoms with van der Waals surface area (Å²) in [5, 5.41) is 13.8. The van der Waals surface area contributed by atoms with Gasteiger partial charge in [-0.3, -0.25) is 9.36 Å². The third kappa shape index (κ3) is 5.20. The summed E-state index contributed by atoms with van der Waals surface area (Å²) in [6, 6.07) is 1.50. The molecule has 35 heavy (non-hydrogen) atoms. The summed E-state index contributed by atoms with van der Waals surface area (Å²) >= 11 is 0. The monoisotopic (exact) mass is 527 g/mol. The first kappa shape index (κ1) is 28.2. The molecule has 1 aromatic heterocycles. The first-order valence-corrected chi connectivity index (χ1v) is 16.4. The van der Waals surface area contributed by atoms with Crippen molar-refractivity contribution in [1.29, 1.82) is 0 Å². The molecule has 0 saturated carbocycles. The zero-order valence-electron chi connectivity index (χ0n) is 22.3. The van der Waals surface area contributed by atoms with E-state index in [1.165, 1.54) is 23.8 Å². The minimum absolute atomic E-state index is 0.0989. The van der Waals surface area contributed by atoms with Gasteiger partial charge in [-0.1, -0.05) is 55.4 Å². The summed E-state index contributed by atoms with van der Waals surface area (Å²) in [5.41, 5.74) is -0.0794. The first-order chi connectivity index (χ1) is 16.2. The van der Waals surface area contributed by atoms with Gasteiger partial charge in [0.1, 0.15) is 24.1 Å². The largest absolute Gasteiger partial charge is 0.414 e. The van der Waals surface area contributed by atoms with Crippen molar-refractivity contribution in [3.8, 4) is 0 Å². The van der Waals surface area contributed by atoms with Gasteiger partial charge in [0.25, 0.3) is 0 Å². The molecule has 3 heterocycles. The average molecular weight is 528 g/mol. The molecule has 1 aromatic rings. The van der Waals surface area contributed by atoms with Crippen LogP contribution in [0.4, 0.5) is 5.82 Å². The Labute approximate surface area is 209 Å². The van der Waals surface area contributed by atoms with Gasteiger partial charge in [-0.15, -0.1) is 0 Å². The topological polar surface area (TPSA) is 121 Å². The molecular formula is C23H41N3O7Si2. The Morgan fingerprint density at radius 3 is 2.14 bits per heavy atom. The molecule has 1 amide bonds. The lowest BCUT2D eigenvalue weighted by molar-refractivity contribution is -0.114. The van der Waals surface area contributed by atoms with Crippen molar-refractivity contribution in [3.63, 3.8) is 0 Å². The summed E-state index contributed by atoms with van der Waals surface area (Å²) in [7, 11) is -5.68. The summed E-state index contributed by atoms with van der Waals surface area (Å²) in [4.78, 5) is 28.0. The van der Waals surface area contributed by atoms with E-state index in [1.807, 2.05) is 0 Å². The van der Waals surface area contributed by atoms with Crippen molar-refractivity contribution in [2.75, 3.05) is 11.9 Å². The molecule has 0 bridgehead atoms. The van der Waals surface area contributed by atoms with Crippen LogP contribution in [-0.4, -0.2) is 62.6 Å². The predicted octanol–water partition coefficient (Wildman–Crippen LogP) is 3.42. The smallest absolute Gasteiger partial charge is 0.351 e. The number of nitrogens with zero attached hydrogens (tertiary/aromatic N) is 2. The Balaban J connectivity index is 2.03. The van der Waals surface area contributed by atoms with E-state index >= 15 is 0 Å². The van der Waals surface area contributed by atoms with Crippen LogP contribution in [0.25, 0.3) is 0 Å². The lowest BCUT2D eigenvalue weighted by Crippen LogP contribution is -2.65. The minimum atomic E-state index is -2.93. The number of rotatable bonds is 6. The van der Waals surface area contributed by atoms with Crippen molar-refractivity contribution < 1.29 is 27.6 Å². The molecule has 2 aliphatic heterocycles. The van der Waals surface area contributed by atoms with Gasteiger partial charge in [0, 0.05) is 13.1 Å². The third-order valence-electron chi connectivity index (χ3n) is 7.05. The number of hydrogen-bond acceptors (Lipinski definition) is 8. The molecule has 2 saturated heterocycles. The van der Waals surface area contributed by atoms with E-state index in [1.54, 1.807) is 0 Å². The molecule has 2 fully saturated rings. The zero-order chi connectivity index (χ0) is 26.3. The second kappa shape index (κ2) is 10.5. The van der Waals surface area contributed by atoms with Crippen LogP contribution in [-0.2, 0) is 22.5 Å². The molecule has 0 radical (unpaired) electrons. The number of nitrogens with one attached hydrogen (secondary N) is 1. The fourth-order valence-corrected chi connectivity index (χ4v) is 16.4. The number of fused-ring (bicyclic) bond motifs is 1. The third-order valence-corrected chi connectivity index (χ3v) is 17.3. The van der Waals surface area contributed by atoms with Crippen LogP contribution in [0.3, 0.4) is 0 Å². The average Bonchev–Trinajstić information content (AvgIpc) is 3.01. The van der Waals surface area contributed by atoms with Gasteiger partial charge < -0.3 is 28.1 Å². The van der Waals surface area contributed by atoms with Crippen LogP contribution >= 0.6 is 0 Å². The van der Waals surface area contributed by atoms with Gasteiger partial charge in [-0.05, 0) is 28.2 Å². The quantitative estimate of drug-likeness (QED) is 0.540. The van der Waals surface area contributed by atoms with Gasteiger partial charge in [0.05, 0.1) is 6.61 Å². The number of amides is 1. The van der Waals surface area contributed by atoms with Gasteiger partial charge in [0.2, 0.25) is 5.91 Å². The molecule has 10 nitrogen and oxygen atoms in total. The molecule has 2 aliphatic rings. The van der Waals surface area contributed by atoms with Crippen molar-refractivity contribution >= 4 is 28.8 Å². The Morgan fingerprint density at radius 1 is 1.09 bits per heavy atom. The maximum Gasteiger partial charge on any atom is 0.351 e. The Hall–Kier alpha value is -1.42. The Kier molecular flexibility index (Phi) is 8.46. The maximum absolute atomic E-state index is 12.7. The molecule has 3 rings (SSSR count). The van der Waals surface area contributed by atoms with E-state index in [0.717, 1.165) is 0 Å². The zero-order valence-corrected chi connectivity index (χ0v) is 24.3. The molecule has 0 aromatic carbocycles. The number of anilines is 1. The second-order valence-corrected chi connectivity index (χ2v) is 19.6. The second-order valence-electron chi connectivity index (χ2n) is 10.8. The molecule has 1 unspecified atom stereocenters. The van der Waals surface area contributed by atoms with Crippen LogP contribution in [0.2, 0.25) is 22.2 Å². The highest BCUT2D eigenvalue weighted by Gasteiger charge is 2.61. The van der Waals surface area contributed by atoms with Crippen molar-refractivity contribution in [2.24, 2.45) is 0 Å². The van der Waals surface area contributed by atoms with Crippen LogP contribution in [0, 0.1) is 0 Å². The first-order valence-electron chi connectivity index (χ1n) is 12.5. The minimum Gasteiger partial charge on any atom is -0.414 e. The molecular weight excluding hydrogens is 486 g/mol. The van der Waals surface area contributed by atoms with E-state index in [9.17, 15) is 14.7 Å². The predicted molar refractivity (Wildman–Crippen MR) is 137 cm³/mol. The molecule has 0 spiro atoms. The van der Waals surface area contributed by atoms with Crippen molar-refractivity contribution in [3.05, 3.63) is 22.7 Å². The summed E-state index contributed by atoms with van der Waals surface area (Å²) < 4.78 is 28.1. The highest BCUT2D eigenvalue weighted by Crippen LogP contribution is 2.48. The number of carbonyl (C=O) groups is 1. The van der Waals surface area contributed by atoms with Gasteiger partial charge in [-0.2, -0.15) is 4.98 Å². The van der Waals surface area contributed by atoms with E-state index in [2.05, 4.69) is 65.7 Å². The maximum atomic E-state index is 12.7. The number of carbonyl (C=O) groups excluding carboxylic acids is 1. The highest BCUT2D eigenvalue weighted by atomic mass is 28.5. The van der Waals surface area contributed by atoms with E-state index in [0.29, 0.717) is 0 Å². The molecule has 198 valence electrons. The van der Waals surface area contributed by atoms with Gasteiger partial charge >= 0.3 is 22.8 Å². The normalized spacial score (nSPS) is 28.3.